The van der Waals surface area contributed by atoms with Gasteiger partial charge in [-0.2, -0.15) is 0 Å². The zero-order valence-electron chi connectivity index (χ0n) is 13.1. The summed E-state index contributed by atoms with van der Waals surface area (Å²) in [4.78, 5) is 25.5. The van der Waals surface area contributed by atoms with Crippen LogP contribution in [0, 0.1) is 29.1 Å². The van der Waals surface area contributed by atoms with E-state index in [9.17, 15) is 9.59 Å². The summed E-state index contributed by atoms with van der Waals surface area (Å²) in [6.07, 6.45) is 11.6. The van der Waals surface area contributed by atoms with Gasteiger partial charge >= 0.3 is 0 Å². The topological polar surface area (TPSA) is 34.1 Å². The number of allylic oxidation sites excluding steroid dienone is 2. The first kappa shape index (κ1) is 13.7. The fourth-order valence-corrected chi connectivity index (χ4v) is 6.27. The molecule has 0 heterocycles. The van der Waals surface area contributed by atoms with Gasteiger partial charge in [0.2, 0.25) is 0 Å². The molecule has 0 saturated heterocycles. The molecule has 0 N–H and O–H groups in total. The van der Waals surface area contributed by atoms with Gasteiger partial charge in [-0.3, -0.25) is 9.59 Å². The maximum atomic E-state index is 13.0. The van der Waals surface area contributed by atoms with Crippen molar-refractivity contribution >= 4 is 11.6 Å². The van der Waals surface area contributed by atoms with Gasteiger partial charge in [0, 0.05) is 24.2 Å². The highest BCUT2D eigenvalue weighted by molar-refractivity contribution is 5.95. The molecule has 4 rings (SSSR count). The molecule has 5 unspecified atom stereocenters. The monoisotopic (exact) mass is 286 g/mol. The standard InChI is InChI=1S/C19H26O2/c1-2-19-11-16(20)18-13-6-4-3-5-12(13)7-8-14(18)15(19)9-10-17(19)21/h5,13-15,18H,2-4,6-11H2,1H3. The normalized spacial score (nSPS) is 45.7. The summed E-state index contributed by atoms with van der Waals surface area (Å²) in [5.74, 6) is 2.59. The summed E-state index contributed by atoms with van der Waals surface area (Å²) in [7, 11) is 0. The highest BCUT2D eigenvalue weighted by Gasteiger charge is 2.60. The van der Waals surface area contributed by atoms with Crippen LogP contribution in [0.2, 0.25) is 0 Å². The second-order valence-electron chi connectivity index (χ2n) is 7.77. The summed E-state index contributed by atoms with van der Waals surface area (Å²) in [6.45, 7) is 2.12. The number of carbonyl (C=O) groups excluding carboxylic acids is 2. The van der Waals surface area contributed by atoms with Crippen LogP contribution in [-0.4, -0.2) is 11.6 Å². The third kappa shape index (κ3) is 1.77. The molecule has 4 aliphatic carbocycles. The Balaban J connectivity index is 1.72. The molecular formula is C19H26O2. The van der Waals surface area contributed by atoms with Gasteiger partial charge in [-0.1, -0.05) is 18.6 Å². The Labute approximate surface area is 127 Å². The number of hydrogen-bond acceptors (Lipinski definition) is 2. The van der Waals surface area contributed by atoms with E-state index < -0.39 is 0 Å². The van der Waals surface area contributed by atoms with Crippen molar-refractivity contribution < 1.29 is 9.59 Å². The molecule has 0 aromatic carbocycles. The number of fused-ring (bicyclic) bond motifs is 5. The smallest absolute Gasteiger partial charge is 0.139 e. The predicted octanol–water partition coefficient (Wildman–Crippen LogP) is 4.09. The minimum Gasteiger partial charge on any atom is -0.299 e. The molecule has 3 fully saturated rings. The highest BCUT2D eigenvalue weighted by Crippen LogP contribution is 2.60. The van der Waals surface area contributed by atoms with Crippen molar-refractivity contribution in [2.75, 3.05) is 0 Å². The Bertz CT molecular complexity index is 518. The molecule has 0 aliphatic heterocycles. The largest absolute Gasteiger partial charge is 0.299 e. The van der Waals surface area contributed by atoms with Gasteiger partial charge < -0.3 is 0 Å². The van der Waals surface area contributed by atoms with Crippen LogP contribution < -0.4 is 0 Å². The van der Waals surface area contributed by atoms with Crippen LogP contribution in [0.25, 0.3) is 0 Å². The Morgan fingerprint density at radius 2 is 2.05 bits per heavy atom. The van der Waals surface area contributed by atoms with E-state index in [4.69, 9.17) is 0 Å². The second kappa shape index (κ2) is 4.79. The molecule has 0 aromatic rings. The van der Waals surface area contributed by atoms with Crippen LogP contribution in [0.3, 0.4) is 0 Å². The molecule has 0 radical (unpaired) electrons. The summed E-state index contributed by atoms with van der Waals surface area (Å²) < 4.78 is 0. The zero-order valence-corrected chi connectivity index (χ0v) is 13.1. The number of rotatable bonds is 1. The molecule has 5 atom stereocenters. The quantitative estimate of drug-likeness (QED) is 0.680. The van der Waals surface area contributed by atoms with E-state index in [2.05, 4.69) is 13.0 Å². The molecule has 3 saturated carbocycles. The minimum absolute atomic E-state index is 0.251. The van der Waals surface area contributed by atoms with E-state index in [0.29, 0.717) is 35.7 Å². The van der Waals surface area contributed by atoms with E-state index >= 15 is 0 Å². The fraction of sp³-hybridized carbons (Fsp3) is 0.789. The highest BCUT2D eigenvalue weighted by atomic mass is 16.1. The average molecular weight is 286 g/mol. The van der Waals surface area contributed by atoms with E-state index in [1.54, 1.807) is 5.57 Å². The third-order valence-corrected chi connectivity index (χ3v) is 7.22. The van der Waals surface area contributed by atoms with Gasteiger partial charge in [-0.05, 0) is 62.7 Å². The van der Waals surface area contributed by atoms with Crippen molar-refractivity contribution in [3.8, 4) is 0 Å². The Kier molecular flexibility index (Phi) is 3.13. The van der Waals surface area contributed by atoms with Crippen molar-refractivity contribution in [1.29, 1.82) is 0 Å². The van der Waals surface area contributed by atoms with Crippen molar-refractivity contribution in [2.45, 2.75) is 64.7 Å². The predicted molar refractivity (Wildman–Crippen MR) is 81.7 cm³/mol. The molecular weight excluding hydrogens is 260 g/mol. The van der Waals surface area contributed by atoms with Crippen LogP contribution in [0.4, 0.5) is 0 Å². The van der Waals surface area contributed by atoms with Crippen LogP contribution in [0.5, 0.6) is 0 Å². The van der Waals surface area contributed by atoms with E-state index in [-0.39, 0.29) is 11.3 Å². The lowest BCUT2D eigenvalue weighted by Crippen LogP contribution is -2.52. The van der Waals surface area contributed by atoms with Gasteiger partial charge in [0.25, 0.3) is 0 Å². The van der Waals surface area contributed by atoms with Crippen molar-refractivity contribution in [1.82, 2.24) is 0 Å². The number of hydrogen-bond donors (Lipinski definition) is 0. The molecule has 2 nitrogen and oxygen atoms in total. The maximum Gasteiger partial charge on any atom is 0.139 e. The van der Waals surface area contributed by atoms with Gasteiger partial charge in [0.15, 0.2) is 0 Å². The molecule has 0 aromatic heterocycles. The average Bonchev–Trinajstić information content (AvgIpc) is 2.84. The minimum atomic E-state index is -0.270. The Morgan fingerprint density at radius 3 is 2.86 bits per heavy atom. The molecule has 0 spiro atoms. The summed E-state index contributed by atoms with van der Waals surface area (Å²) in [5.41, 5.74) is 1.30. The summed E-state index contributed by atoms with van der Waals surface area (Å²) in [5, 5.41) is 0. The van der Waals surface area contributed by atoms with Gasteiger partial charge in [0.1, 0.15) is 11.6 Å². The van der Waals surface area contributed by atoms with Crippen LogP contribution in [0.15, 0.2) is 11.6 Å². The van der Waals surface area contributed by atoms with Gasteiger partial charge in [-0.15, -0.1) is 0 Å². The number of carbonyl (C=O) groups is 2. The Hall–Kier alpha value is -0.920. The first-order valence-corrected chi connectivity index (χ1v) is 8.92. The first-order chi connectivity index (χ1) is 10.2. The zero-order chi connectivity index (χ0) is 14.6. The lowest BCUT2D eigenvalue weighted by Gasteiger charge is -2.51. The molecule has 21 heavy (non-hydrogen) atoms. The van der Waals surface area contributed by atoms with E-state index in [0.717, 1.165) is 25.7 Å². The van der Waals surface area contributed by atoms with E-state index in [1.165, 1.54) is 25.7 Å². The van der Waals surface area contributed by atoms with Crippen LogP contribution >= 0.6 is 0 Å². The van der Waals surface area contributed by atoms with Gasteiger partial charge in [0.05, 0.1) is 0 Å². The Morgan fingerprint density at radius 1 is 1.19 bits per heavy atom. The fourth-order valence-electron chi connectivity index (χ4n) is 6.27. The maximum absolute atomic E-state index is 13.0. The molecule has 114 valence electrons. The van der Waals surface area contributed by atoms with Crippen molar-refractivity contribution in [3.63, 3.8) is 0 Å². The lowest BCUT2D eigenvalue weighted by molar-refractivity contribution is -0.147. The third-order valence-electron chi connectivity index (χ3n) is 7.22. The number of Topliss-reactive ketones (excluding diaryl/α,β-unsaturated/α-hetero) is 2. The van der Waals surface area contributed by atoms with Gasteiger partial charge in [-0.25, -0.2) is 0 Å². The van der Waals surface area contributed by atoms with Crippen LogP contribution in [0.1, 0.15) is 64.7 Å². The molecule has 0 amide bonds. The SMILES string of the molecule is CCC12CC(=O)C3C4CCCC=C4CCC3C1CCC2=O. The lowest BCUT2D eigenvalue weighted by atomic mass is 9.51. The van der Waals surface area contributed by atoms with Crippen molar-refractivity contribution in [3.05, 3.63) is 11.6 Å². The first-order valence-electron chi connectivity index (χ1n) is 8.92. The molecule has 4 aliphatic rings. The van der Waals surface area contributed by atoms with Crippen LogP contribution in [-0.2, 0) is 9.59 Å². The summed E-state index contributed by atoms with van der Waals surface area (Å²) >= 11 is 0. The summed E-state index contributed by atoms with van der Waals surface area (Å²) in [6, 6.07) is 0. The number of ketones is 2. The molecule has 2 heteroatoms. The molecule has 0 bridgehead atoms. The second-order valence-corrected chi connectivity index (χ2v) is 7.77. The van der Waals surface area contributed by atoms with E-state index in [1.807, 2.05) is 0 Å². The van der Waals surface area contributed by atoms with Crippen molar-refractivity contribution in [2.24, 2.45) is 29.1 Å².